The zero-order chi connectivity index (χ0) is 23.7. The maximum absolute atomic E-state index is 13.1. The third-order valence-electron chi connectivity index (χ3n) is 5.26. The van der Waals surface area contributed by atoms with Gasteiger partial charge in [-0.1, -0.05) is 35.9 Å². The Morgan fingerprint density at radius 3 is 2.26 bits per heavy atom. The molecule has 6 nitrogen and oxygen atoms in total. The number of para-hydroxylation sites is 1. The Morgan fingerprint density at radius 2 is 1.56 bits per heavy atom. The monoisotopic (exact) mass is 488 g/mol. The molecule has 0 fully saturated rings. The molecule has 2 aromatic heterocycles. The molecule has 0 aliphatic heterocycles. The van der Waals surface area contributed by atoms with Crippen LogP contribution in [-0.4, -0.2) is 25.5 Å². The van der Waals surface area contributed by atoms with E-state index >= 15 is 0 Å². The zero-order valence-corrected chi connectivity index (χ0v) is 20.1. The van der Waals surface area contributed by atoms with Gasteiger partial charge in [-0.3, -0.25) is 0 Å². The molecular weight excluding hydrogens is 468 g/mol. The molecule has 0 radical (unpaired) electrons. The van der Waals surface area contributed by atoms with Crippen molar-refractivity contribution in [3.8, 4) is 28.5 Å². The van der Waals surface area contributed by atoms with Crippen LogP contribution < -0.4 is 4.74 Å². The van der Waals surface area contributed by atoms with Crippen LogP contribution in [0.2, 0.25) is 0 Å². The Balaban J connectivity index is 1.61. The number of aryl methyl sites for hydroxylation is 1. The van der Waals surface area contributed by atoms with Crippen LogP contribution in [0.1, 0.15) is 5.56 Å². The fraction of sp³-hybridized carbons (Fsp3) is 0.0769. The number of aromatic nitrogens is 2. The van der Waals surface area contributed by atoms with Gasteiger partial charge >= 0.3 is 0 Å². The Bertz CT molecular complexity index is 1540. The number of hydrogen-bond donors (Lipinski definition) is 0. The first-order valence-corrected chi connectivity index (χ1v) is 13.3. The van der Waals surface area contributed by atoms with E-state index in [0.717, 1.165) is 22.1 Å². The molecule has 0 amide bonds. The van der Waals surface area contributed by atoms with Crippen LogP contribution in [0, 0.1) is 6.92 Å². The summed E-state index contributed by atoms with van der Waals surface area (Å²) in [5.41, 5.74) is 3.58. The number of furan rings is 1. The number of hydrogen-bond acceptors (Lipinski definition) is 7. The first-order valence-electron chi connectivity index (χ1n) is 10.4. The van der Waals surface area contributed by atoms with Crippen molar-refractivity contribution in [3.63, 3.8) is 0 Å². The lowest BCUT2D eigenvalue weighted by molar-refractivity contribution is 0.415. The van der Waals surface area contributed by atoms with Crippen molar-refractivity contribution >= 4 is 30.6 Å². The summed E-state index contributed by atoms with van der Waals surface area (Å²) in [5.74, 6) is 1.25. The highest BCUT2D eigenvalue weighted by atomic mass is 33.1. The number of methoxy groups -OCH3 is 1. The van der Waals surface area contributed by atoms with E-state index in [1.54, 1.807) is 37.4 Å². The molecule has 0 aliphatic rings. The molecular formula is C26H20N2O4S2. The number of rotatable bonds is 6. The van der Waals surface area contributed by atoms with Gasteiger partial charge in [0.15, 0.2) is 5.76 Å². The molecule has 34 heavy (non-hydrogen) atoms. The average Bonchev–Trinajstić information content (AvgIpc) is 3.28. The second kappa shape index (κ2) is 8.96. The summed E-state index contributed by atoms with van der Waals surface area (Å²) in [6, 6.07) is 25.4. The van der Waals surface area contributed by atoms with Crippen LogP contribution in [0.5, 0.6) is 5.75 Å². The van der Waals surface area contributed by atoms with Crippen molar-refractivity contribution in [2.45, 2.75) is 17.0 Å². The average molecular weight is 489 g/mol. The number of fused-ring (bicyclic) bond motifs is 1. The highest BCUT2D eigenvalue weighted by molar-refractivity contribution is 8.72. The van der Waals surface area contributed by atoms with Crippen LogP contribution in [0.25, 0.3) is 33.7 Å². The fourth-order valence-corrected chi connectivity index (χ4v) is 5.93. The topological polar surface area (TPSA) is 82.3 Å². The van der Waals surface area contributed by atoms with Crippen molar-refractivity contribution in [2.75, 3.05) is 7.11 Å². The Kier molecular flexibility index (Phi) is 5.85. The van der Waals surface area contributed by atoms with E-state index in [9.17, 15) is 8.42 Å². The van der Waals surface area contributed by atoms with Crippen LogP contribution >= 0.6 is 10.8 Å². The maximum Gasteiger partial charge on any atom is 0.237 e. The van der Waals surface area contributed by atoms with Crippen molar-refractivity contribution in [1.82, 2.24) is 9.97 Å². The van der Waals surface area contributed by atoms with Crippen molar-refractivity contribution < 1.29 is 17.6 Å². The molecule has 0 saturated heterocycles. The van der Waals surface area contributed by atoms with Gasteiger partial charge in [0.1, 0.15) is 17.0 Å². The fourth-order valence-electron chi connectivity index (χ4n) is 3.46. The van der Waals surface area contributed by atoms with E-state index in [4.69, 9.17) is 9.15 Å². The van der Waals surface area contributed by atoms with Crippen molar-refractivity contribution in [2.24, 2.45) is 0 Å². The first kappa shape index (κ1) is 22.2. The first-order chi connectivity index (χ1) is 16.4. The molecule has 0 saturated carbocycles. The Labute approximate surface area is 201 Å². The van der Waals surface area contributed by atoms with Gasteiger partial charge in [0.25, 0.3) is 0 Å². The smallest absolute Gasteiger partial charge is 0.237 e. The van der Waals surface area contributed by atoms with Gasteiger partial charge in [-0.25, -0.2) is 18.4 Å². The molecule has 2 heterocycles. The van der Waals surface area contributed by atoms with E-state index in [1.165, 1.54) is 0 Å². The van der Waals surface area contributed by atoms with Gasteiger partial charge in [-0.05, 0) is 61.5 Å². The molecule has 0 N–H and O–H groups in total. The lowest BCUT2D eigenvalue weighted by Gasteiger charge is -2.08. The van der Waals surface area contributed by atoms with E-state index in [-0.39, 0.29) is 10.1 Å². The summed E-state index contributed by atoms with van der Waals surface area (Å²) < 4.78 is 37.4. The third-order valence-corrected chi connectivity index (χ3v) is 8.35. The summed E-state index contributed by atoms with van der Waals surface area (Å²) in [6.45, 7) is 1.91. The Morgan fingerprint density at radius 1 is 0.853 bits per heavy atom. The highest BCUT2D eigenvalue weighted by Crippen LogP contribution is 2.34. The standard InChI is InChI=1S/C26H20N2O4S2/c1-17-7-13-21(14-8-17)34(29,30)33-26-27-22(18-9-11-20(31-2)12-10-18)16-23(28-26)25-15-19-5-3-4-6-24(19)32-25/h3-16H,1-2H3. The molecule has 0 spiro atoms. The molecule has 0 aliphatic carbocycles. The zero-order valence-electron chi connectivity index (χ0n) is 18.4. The molecule has 5 rings (SSSR count). The minimum atomic E-state index is -3.72. The predicted molar refractivity (Wildman–Crippen MR) is 133 cm³/mol. The lowest BCUT2D eigenvalue weighted by Crippen LogP contribution is -2.00. The van der Waals surface area contributed by atoms with Gasteiger partial charge in [-0.15, -0.1) is 0 Å². The maximum atomic E-state index is 13.1. The van der Waals surface area contributed by atoms with Crippen LogP contribution in [0.4, 0.5) is 0 Å². The third kappa shape index (κ3) is 4.55. The normalized spacial score (nSPS) is 11.6. The predicted octanol–water partition coefficient (Wildman–Crippen LogP) is 6.35. The van der Waals surface area contributed by atoms with Crippen LogP contribution in [-0.2, 0) is 8.87 Å². The van der Waals surface area contributed by atoms with Gasteiger partial charge in [0, 0.05) is 10.9 Å². The molecule has 5 aromatic rings. The van der Waals surface area contributed by atoms with Crippen LogP contribution in [0.3, 0.4) is 0 Å². The largest absolute Gasteiger partial charge is 0.497 e. The number of ether oxygens (including phenoxy) is 1. The molecule has 0 atom stereocenters. The highest BCUT2D eigenvalue weighted by Gasteiger charge is 2.21. The van der Waals surface area contributed by atoms with E-state index in [2.05, 4.69) is 9.97 Å². The molecule has 3 aromatic carbocycles. The SMILES string of the molecule is COc1ccc(-c2cc(-c3cc4ccccc4o3)nc(SS(=O)(=O)c3ccc(C)cc3)n2)cc1. The lowest BCUT2D eigenvalue weighted by atomic mass is 10.1. The van der Waals surface area contributed by atoms with E-state index < -0.39 is 8.87 Å². The second-order valence-electron chi connectivity index (χ2n) is 7.65. The molecule has 0 unspecified atom stereocenters. The number of benzene rings is 3. The summed E-state index contributed by atoms with van der Waals surface area (Å²) in [4.78, 5) is 9.30. The number of nitrogens with zero attached hydrogens (tertiary/aromatic N) is 2. The van der Waals surface area contributed by atoms with E-state index in [0.29, 0.717) is 33.7 Å². The van der Waals surface area contributed by atoms with E-state index in [1.807, 2.05) is 61.5 Å². The van der Waals surface area contributed by atoms with Crippen molar-refractivity contribution in [3.05, 3.63) is 90.5 Å². The van der Waals surface area contributed by atoms with Gasteiger partial charge in [0.2, 0.25) is 14.0 Å². The van der Waals surface area contributed by atoms with Gasteiger partial charge in [-0.2, -0.15) is 0 Å². The summed E-state index contributed by atoms with van der Waals surface area (Å²) in [6.07, 6.45) is 0. The summed E-state index contributed by atoms with van der Waals surface area (Å²) in [7, 11) is -1.50. The molecule has 8 heteroatoms. The minimum Gasteiger partial charge on any atom is -0.497 e. The van der Waals surface area contributed by atoms with Gasteiger partial charge < -0.3 is 9.15 Å². The van der Waals surface area contributed by atoms with Gasteiger partial charge in [0.05, 0.1) is 28.5 Å². The molecule has 170 valence electrons. The summed E-state index contributed by atoms with van der Waals surface area (Å²) >= 11 is 0. The Hall–Kier alpha value is -3.62. The minimum absolute atomic E-state index is 0.115. The second-order valence-corrected chi connectivity index (χ2v) is 11.4. The quantitative estimate of drug-likeness (QED) is 0.203. The summed E-state index contributed by atoms with van der Waals surface area (Å²) in [5, 5.41) is 1.05. The van der Waals surface area contributed by atoms with Crippen molar-refractivity contribution in [1.29, 1.82) is 0 Å². The molecule has 0 bridgehead atoms. The van der Waals surface area contributed by atoms with Crippen LogP contribution in [0.15, 0.2) is 99.4 Å².